The molecule has 2 N–H and O–H groups in total. The highest BCUT2D eigenvalue weighted by atomic mass is 16.4. The summed E-state index contributed by atoms with van der Waals surface area (Å²) in [6, 6.07) is 0. The average molecular weight is 227 g/mol. The standard InChI is InChI=1S/C13H25NO2/c1-3-9-14-13(10-12(15)16)7-5-11(4-2)6-8-13/h11,14H,3-10H2,1-2H3,(H,15,16). The van der Waals surface area contributed by atoms with E-state index in [4.69, 9.17) is 5.11 Å². The highest BCUT2D eigenvalue weighted by Crippen LogP contribution is 2.35. The van der Waals surface area contributed by atoms with Gasteiger partial charge in [0, 0.05) is 5.54 Å². The van der Waals surface area contributed by atoms with Crippen molar-refractivity contribution in [2.24, 2.45) is 5.92 Å². The summed E-state index contributed by atoms with van der Waals surface area (Å²) in [5.74, 6) is 0.142. The van der Waals surface area contributed by atoms with Crippen LogP contribution in [-0.4, -0.2) is 23.2 Å². The smallest absolute Gasteiger partial charge is 0.305 e. The Morgan fingerprint density at radius 3 is 2.44 bits per heavy atom. The van der Waals surface area contributed by atoms with Gasteiger partial charge < -0.3 is 10.4 Å². The van der Waals surface area contributed by atoms with Gasteiger partial charge in [-0.05, 0) is 44.6 Å². The predicted octanol–water partition coefficient (Wildman–Crippen LogP) is 2.80. The second-order valence-electron chi connectivity index (χ2n) is 5.13. The van der Waals surface area contributed by atoms with Gasteiger partial charge in [-0.3, -0.25) is 4.79 Å². The van der Waals surface area contributed by atoms with Crippen molar-refractivity contribution in [1.82, 2.24) is 5.32 Å². The Balaban J connectivity index is 2.55. The first-order chi connectivity index (χ1) is 7.62. The van der Waals surface area contributed by atoms with Gasteiger partial charge in [0.2, 0.25) is 0 Å². The van der Waals surface area contributed by atoms with Crippen molar-refractivity contribution < 1.29 is 9.90 Å². The Hall–Kier alpha value is -0.570. The molecule has 1 aliphatic rings. The molecule has 0 aromatic heterocycles. The SMILES string of the molecule is CCCNC1(CC(=O)O)CCC(CC)CC1. The number of hydrogen-bond acceptors (Lipinski definition) is 2. The summed E-state index contributed by atoms with van der Waals surface area (Å²) in [6.45, 7) is 5.29. The molecule has 94 valence electrons. The first kappa shape index (κ1) is 13.5. The summed E-state index contributed by atoms with van der Waals surface area (Å²) in [6.07, 6.45) is 7.00. The lowest BCUT2D eigenvalue weighted by molar-refractivity contribution is -0.139. The fraction of sp³-hybridized carbons (Fsp3) is 0.923. The second kappa shape index (κ2) is 6.24. The fourth-order valence-electron chi connectivity index (χ4n) is 2.73. The largest absolute Gasteiger partial charge is 0.481 e. The average Bonchev–Trinajstić information content (AvgIpc) is 2.27. The summed E-state index contributed by atoms with van der Waals surface area (Å²) in [7, 11) is 0. The van der Waals surface area contributed by atoms with E-state index in [0.717, 1.165) is 31.7 Å². The molecule has 3 nitrogen and oxygen atoms in total. The van der Waals surface area contributed by atoms with Crippen LogP contribution in [0.1, 0.15) is 58.8 Å². The van der Waals surface area contributed by atoms with Crippen LogP contribution in [-0.2, 0) is 4.79 Å². The molecule has 16 heavy (non-hydrogen) atoms. The molecule has 0 saturated heterocycles. The van der Waals surface area contributed by atoms with Crippen molar-refractivity contribution in [2.45, 2.75) is 64.3 Å². The molecule has 0 heterocycles. The van der Waals surface area contributed by atoms with Gasteiger partial charge in [0.05, 0.1) is 6.42 Å². The monoisotopic (exact) mass is 227 g/mol. The van der Waals surface area contributed by atoms with Crippen LogP contribution in [0.15, 0.2) is 0 Å². The van der Waals surface area contributed by atoms with Gasteiger partial charge in [-0.25, -0.2) is 0 Å². The lowest BCUT2D eigenvalue weighted by atomic mass is 9.74. The lowest BCUT2D eigenvalue weighted by Gasteiger charge is -2.40. The molecular formula is C13H25NO2. The summed E-state index contributed by atoms with van der Waals surface area (Å²) < 4.78 is 0. The summed E-state index contributed by atoms with van der Waals surface area (Å²) >= 11 is 0. The number of hydrogen-bond donors (Lipinski definition) is 2. The van der Waals surface area contributed by atoms with Gasteiger partial charge >= 0.3 is 5.97 Å². The van der Waals surface area contributed by atoms with Crippen LogP contribution in [0.25, 0.3) is 0 Å². The van der Waals surface area contributed by atoms with Crippen molar-refractivity contribution in [2.75, 3.05) is 6.54 Å². The third-order valence-corrected chi connectivity index (χ3v) is 3.88. The van der Waals surface area contributed by atoms with E-state index in [1.54, 1.807) is 0 Å². The Labute approximate surface area is 98.6 Å². The first-order valence-electron chi connectivity index (χ1n) is 6.58. The molecule has 1 saturated carbocycles. The summed E-state index contributed by atoms with van der Waals surface area (Å²) in [5.41, 5.74) is -0.118. The third kappa shape index (κ3) is 3.78. The number of carboxylic acids is 1. The molecule has 0 atom stereocenters. The molecule has 0 unspecified atom stereocenters. The van der Waals surface area contributed by atoms with Crippen LogP contribution in [0.3, 0.4) is 0 Å². The van der Waals surface area contributed by atoms with Gasteiger partial charge in [-0.15, -0.1) is 0 Å². The van der Waals surface area contributed by atoms with E-state index in [1.807, 2.05) is 0 Å². The van der Waals surface area contributed by atoms with Crippen LogP contribution in [0.2, 0.25) is 0 Å². The van der Waals surface area contributed by atoms with E-state index in [9.17, 15) is 4.79 Å². The molecule has 0 aromatic carbocycles. The van der Waals surface area contributed by atoms with E-state index < -0.39 is 5.97 Å². The van der Waals surface area contributed by atoms with E-state index in [0.29, 0.717) is 0 Å². The van der Waals surface area contributed by atoms with Crippen molar-refractivity contribution in [3.63, 3.8) is 0 Å². The minimum atomic E-state index is -0.668. The lowest BCUT2D eigenvalue weighted by Crippen LogP contribution is -2.49. The molecule has 0 aliphatic heterocycles. The van der Waals surface area contributed by atoms with Gasteiger partial charge in [0.1, 0.15) is 0 Å². The Morgan fingerprint density at radius 2 is 2.00 bits per heavy atom. The molecule has 0 aromatic rings. The molecule has 0 bridgehead atoms. The minimum absolute atomic E-state index is 0.118. The van der Waals surface area contributed by atoms with Gasteiger partial charge in [-0.2, -0.15) is 0 Å². The van der Waals surface area contributed by atoms with Crippen LogP contribution in [0.5, 0.6) is 0 Å². The van der Waals surface area contributed by atoms with Crippen molar-refractivity contribution in [1.29, 1.82) is 0 Å². The second-order valence-corrected chi connectivity index (χ2v) is 5.13. The van der Waals surface area contributed by atoms with Gasteiger partial charge in [-0.1, -0.05) is 20.3 Å². The predicted molar refractivity (Wildman–Crippen MR) is 65.5 cm³/mol. The molecule has 0 amide bonds. The highest BCUT2D eigenvalue weighted by Gasteiger charge is 2.35. The number of rotatable bonds is 6. The van der Waals surface area contributed by atoms with Crippen molar-refractivity contribution in [3.8, 4) is 0 Å². The highest BCUT2D eigenvalue weighted by molar-refractivity contribution is 5.68. The maximum atomic E-state index is 10.9. The summed E-state index contributed by atoms with van der Waals surface area (Å²) in [4.78, 5) is 10.9. The van der Waals surface area contributed by atoms with E-state index in [2.05, 4.69) is 19.2 Å². The number of carboxylic acid groups (broad SMARTS) is 1. The quantitative estimate of drug-likeness (QED) is 0.733. The molecule has 0 radical (unpaired) electrons. The zero-order chi connectivity index (χ0) is 12.0. The maximum absolute atomic E-state index is 10.9. The van der Waals surface area contributed by atoms with Crippen LogP contribution in [0, 0.1) is 5.92 Å². The fourth-order valence-corrected chi connectivity index (χ4v) is 2.73. The van der Waals surface area contributed by atoms with Crippen LogP contribution in [0.4, 0.5) is 0 Å². The van der Waals surface area contributed by atoms with Crippen LogP contribution < -0.4 is 5.32 Å². The van der Waals surface area contributed by atoms with Crippen molar-refractivity contribution >= 4 is 5.97 Å². The molecular weight excluding hydrogens is 202 g/mol. The molecule has 3 heteroatoms. The van der Waals surface area contributed by atoms with E-state index in [-0.39, 0.29) is 12.0 Å². The topological polar surface area (TPSA) is 49.3 Å². The Morgan fingerprint density at radius 1 is 1.38 bits per heavy atom. The zero-order valence-corrected chi connectivity index (χ0v) is 10.6. The minimum Gasteiger partial charge on any atom is -0.481 e. The van der Waals surface area contributed by atoms with Crippen LogP contribution >= 0.6 is 0 Å². The first-order valence-corrected chi connectivity index (χ1v) is 6.58. The molecule has 0 spiro atoms. The number of nitrogens with one attached hydrogen (secondary N) is 1. The zero-order valence-electron chi connectivity index (χ0n) is 10.6. The van der Waals surface area contributed by atoms with Gasteiger partial charge in [0.25, 0.3) is 0 Å². The number of carbonyl (C=O) groups is 1. The Bertz CT molecular complexity index is 220. The van der Waals surface area contributed by atoms with E-state index >= 15 is 0 Å². The molecule has 1 fully saturated rings. The normalized spacial score (nSPS) is 30.2. The molecule has 1 aliphatic carbocycles. The maximum Gasteiger partial charge on any atom is 0.305 e. The number of aliphatic carboxylic acids is 1. The third-order valence-electron chi connectivity index (χ3n) is 3.88. The van der Waals surface area contributed by atoms with E-state index in [1.165, 1.54) is 19.3 Å². The Kier molecular flexibility index (Phi) is 5.26. The molecule has 1 rings (SSSR count). The summed E-state index contributed by atoms with van der Waals surface area (Å²) in [5, 5.41) is 12.5. The van der Waals surface area contributed by atoms with Crippen molar-refractivity contribution in [3.05, 3.63) is 0 Å². The van der Waals surface area contributed by atoms with Gasteiger partial charge in [0.15, 0.2) is 0 Å².